The Morgan fingerprint density at radius 2 is 1.79 bits per heavy atom. The second-order valence-corrected chi connectivity index (χ2v) is 5.81. The monoisotopic (exact) mass is 339 g/mol. The quantitative estimate of drug-likeness (QED) is 0.815. The Labute approximate surface area is 125 Å². The van der Waals surface area contributed by atoms with Crippen LogP contribution in [-0.4, -0.2) is 13.3 Å². The first-order chi connectivity index (χ1) is 9.19. The predicted octanol–water partition coefficient (Wildman–Crippen LogP) is 4.62. The van der Waals surface area contributed by atoms with Gasteiger partial charge in [0.1, 0.15) is 5.82 Å². The molecule has 1 unspecified atom stereocenters. The van der Waals surface area contributed by atoms with E-state index in [1.807, 2.05) is 43.6 Å². The molecule has 2 rings (SSSR count). The van der Waals surface area contributed by atoms with Gasteiger partial charge in [-0.15, -0.1) is 11.8 Å². The second-order valence-electron chi connectivity index (χ2n) is 4.11. The Balaban J connectivity index is 2.53. The van der Waals surface area contributed by atoms with Crippen LogP contribution >= 0.6 is 27.7 Å². The van der Waals surface area contributed by atoms with Crippen molar-refractivity contribution in [2.45, 2.75) is 10.9 Å². The largest absolute Gasteiger partial charge is 0.309 e. The summed E-state index contributed by atoms with van der Waals surface area (Å²) in [4.78, 5) is 1.15. The lowest BCUT2D eigenvalue weighted by Gasteiger charge is -2.20. The van der Waals surface area contributed by atoms with Crippen molar-refractivity contribution >= 4 is 27.7 Å². The maximum atomic E-state index is 14.3. The SMILES string of the molecule is CNC(c1ccccc1SC)c1cccc(Br)c1F. The molecule has 0 aliphatic heterocycles. The van der Waals surface area contributed by atoms with Crippen molar-refractivity contribution in [2.24, 2.45) is 0 Å². The third-order valence-electron chi connectivity index (χ3n) is 3.03. The maximum absolute atomic E-state index is 14.3. The molecule has 0 aliphatic rings. The molecule has 1 nitrogen and oxygen atoms in total. The van der Waals surface area contributed by atoms with Gasteiger partial charge in [0.2, 0.25) is 0 Å². The number of thioether (sulfide) groups is 1. The second kappa shape index (κ2) is 6.55. The molecular weight excluding hydrogens is 325 g/mol. The molecule has 0 spiro atoms. The van der Waals surface area contributed by atoms with Crippen molar-refractivity contribution in [1.82, 2.24) is 5.32 Å². The van der Waals surface area contributed by atoms with Gasteiger partial charge in [0, 0.05) is 10.5 Å². The molecule has 2 aromatic carbocycles. The van der Waals surface area contributed by atoms with Gasteiger partial charge in [-0.05, 0) is 46.9 Å². The molecule has 0 radical (unpaired) electrons. The molecule has 0 aliphatic carbocycles. The van der Waals surface area contributed by atoms with Crippen LogP contribution in [0, 0.1) is 5.82 Å². The first-order valence-electron chi connectivity index (χ1n) is 5.93. The van der Waals surface area contributed by atoms with Crippen LogP contribution in [0.2, 0.25) is 0 Å². The molecule has 4 heteroatoms. The van der Waals surface area contributed by atoms with Gasteiger partial charge >= 0.3 is 0 Å². The molecule has 0 heterocycles. The maximum Gasteiger partial charge on any atom is 0.142 e. The zero-order valence-electron chi connectivity index (χ0n) is 10.8. The molecule has 1 atom stereocenters. The van der Waals surface area contributed by atoms with E-state index in [4.69, 9.17) is 0 Å². The first kappa shape index (κ1) is 14.6. The average Bonchev–Trinajstić information content (AvgIpc) is 2.45. The highest BCUT2D eigenvalue weighted by Gasteiger charge is 2.19. The molecule has 0 amide bonds. The van der Waals surface area contributed by atoms with E-state index in [2.05, 4.69) is 27.3 Å². The van der Waals surface area contributed by atoms with Crippen molar-refractivity contribution < 1.29 is 4.39 Å². The lowest BCUT2D eigenvalue weighted by Crippen LogP contribution is -2.19. The minimum absolute atomic E-state index is 0.152. The van der Waals surface area contributed by atoms with E-state index in [1.165, 1.54) is 0 Å². The summed E-state index contributed by atoms with van der Waals surface area (Å²) >= 11 is 4.91. The van der Waals surface area contributed by atoms with Gasteiger partial charge in [-0.2, -0.15) is 0 Å². The molecule has 19 heavy (non-hydrogen) atoms. The van der Waals surface area contributed by atoms with Crippen LogP contribution in [0.25, 0.3) is 0 Å². The van der Waals surface area contributed by atoms with Crippen LogP contribution in [0.15, 0.2) is 51.8 Å². The van der Waals surface area contributed by atoms with Crippen LogP contribution in [0.4, 0.5) is 4.39 Å². The number of rotatable bonds is 4. The molecule has 100 valence electrons. The summed E-state index contributed by atoms with van der Waals surface area (Å²) in [5, 5.41) is 3.20. The van der Waals surface area contributed by atoms with Crippen LogP contribution in [0.3, 0.4) is 0 Å². The topological polar surface area (TPSA) is 12.0 Å². The molecule has 0 bridgehead atoms. The van der Waals surface area contributed by atoms with E-state index in [0.717, 1.165) is 10.5 Å². The fraction of sp³-hybridized carbons (Fsp3) is 0.200. The molecule has 0 aromatic heterocycles. The van der Waals surface area contributed by atoms with Crippen molar-refractivity contribution in [3.05, 3.63) is 63.9 Å². The van der Waals surface area contributed by atoms with E-state index >= 15 is 0 Å². The first-order valence-corrected chi connectivity index (χ1v) is 7.95. The van der Waals surface area contributed by atoms with Crippen LogP contribution in [0.1, 0.15) is 17.2 Å². The van der Waals surface area contributed by atoms with Crippen LogP contribution in [0.5, 0.6) is 0 Å². The number of benzene rings is 2. The smallest absolute Gasteiger partial charge is 0.142 e. The van der Waals surface area contributed by atoms with Crippen molar-refractivity contribution in [1.29, 1.82) is 0 Å². The summed E-state index contributed by atoms with van der Waals surface area (Å²) in [6.07, 6.45) is 2.03. The summed E-state index contributed by atoms with van der Waals surface area (Å²) < 4.78 is 14.8. The predicted molar refractivity (Wildman–Crippen MR) is 83.2 cm³/mol. The van der Waals surface area contributed by atoms with Gasteiger partial charge in [0.25, 0.3) is 0 Å². The van der Waals surface area contributed by atoms with Gasteiger partial charge in [-0.25, -0.2) is 4.39 Å². The molecular formula is C15H15BrFNS. The third kappa shape index (κ3) is 3.02. The number of halogens is 2. The van der Waals surface area contributed by atoms with Gasteiger partial charge in [0.05, 0.1) is 10.5 Å². The Morgan fingerprint density at radius 1 is 1.11 bits per heavy atom. The highest BCUT2D eigenvalue weighted by molar-refractivity contribution is 9.10. The van der Waals surface area contributed by atoms with Gasteiger partial charge in [-0.3, -0.25) is 0 Å². The van der Waals surface area contributed by atoms with E-state index in [9.17, 15) is 4.39 Å². The zero-order chi connectivity index (χ0) is 13.8. The number of hydrogen-bond acceptors (Lipinski definition) is 2. The van der Waals surface area contributed by atoms with Gasteiger partial charge in [-0.1, -0.05) is 30.3 Å². The standard InChI is InChI=1S/C15H15BrFNS/c1-18-15(10-6-3-4-9-13(10)19-2)11-7-5-8-12(16)14(11)17/h3-9,15,18H,1-2H3. The summed E-state index contributed by atoms with van der Waals surface area (Å²) in [5.74, 6) is -0.210. The van der Waals surface area contributed by atoms with E-state index in [-0.39, 0.29) is 11.9 Å². The summed E-state index contributed by atoms with van der Waals surface area (Å²) in [7, 11) is 1.85. The Bertz CT molecular complexity index is 574. The van der Waals surface area contributed by atoms with Crippen molar-refractivity contribution in [2.75, 3.05) is 13.3 Å². The molecule has 0 fully saturated rings. The fourth-order valence-electron chi connectivity index (χ4n) is 2.13. The highest BCUT2D eigenvalue weighted by atomic mass is 79.9. The normalized spacial score (nSPS) is 12.4. The lowest BCUT2D eigenvalue weighted by molar-refractivity contribution is 0.568. The highest BCUT2D eigenvalue weighted by Crippen LogP contribution is 2.32. The molecule has 1 N–H and O–H groups in total. The Kier molecular flexibility index (Phi) is 5.02. The van der Waals surface area contributed by atoms with Crippen molar-refractivity contribution in [3.63, 3.8) is 0 Å². The molecule has 0 saturated heterocycles. The average molecular weight is 340 g/mol. The molecule has 2 aromatic rings. The summed E-state index contributed by atoms with van der Waals surface area (Å²) in [6.45, 7) is 0. The number of nitrogens with one attached hydrogen (secondary N) is 1. The summed E-state index contributed by atoms with van der Waals surface area (Å²) in [6, 6.07) is 13.3. The van der Waals surface area contributed by atoms with Crippen LogP contribution < -0.4 is 5.32 Å². The van der Waals surface area contributed by atoms with Crippen LogP contribution in [-0.2, 0) is 0 Å². The lowest BCUT2D eigenvalue weighted by atomic mass is 9.98. The minimum atomic E-state index is -0.210. The number of hydrogen-bond donors (Lipinski definition) is 1. The van der Waals surface area contributed by atoms with E-state index < -0.39 is 0 Å². The minimum Gasteiger partial charge on any atom is -0.309 e. The Morgan fingerprint density at radius 3 is 2.47 bits per heavy atom. The third-order valence-corrected chi connectivity index (χ3v) is 4.46. The Hall–Kier alpha value is -0.840. The zero-order valence-corrected chi connectivity index (χ0v) is 13.2. The van der Waals surface area contributed by atoms with E-state index in [1.54, 1.807) is 17.8 Å². The summed E-state index contributed by atoms with van der Waals surface area (Å²) in [5.41, 5.74) is 1.74. The van der Waals surface area contributed by atoms with E-state index in [0.29, 0.717) is 10.0 Å². The fourth-order valence-corrected chi connectivity index (χ4v) is 3.14. The van der Waals surface area contributed by atoms with Crippen molar-refractivity contribution in [3.8, 4) is 0 Å². The molecule has 0 saturated carbocycles. The van der Waals surface area contributed by atoms with Gasteiger partial charge < -0.3 is 5.32 Å². The van der Waals surface area contributed by atoms with Gasteiger partial charge in [0.15, 0.2) is 0 Å².